The molecule has 0 bridgehead atoms. The van der Waals surface area contributed by atoms with Crippen LogP contribution in [0.3, 0.4) is 0 Å². The summed E-state index contributed by atoms with van der Waals surface area (Å²) in [5.74, 6) is -2.39. The van der Waals surface area contributed by atoms with Crippen LogP contribution in [0, 0.1) is 5.92 Å². The zero-order valence-corrected chi connectivity index (χ0v) is 15.4. The number of amides is 1. The maximum atomic E-state index is 12.8. The summed E-state index contributed by atoms with van der Waals surface area (Å²) in [4.78, 5) is 36.9. The molecule has 3 fully saturated rings. The van der Waals surface area contributed by atoms with Gasteiger partial charge in [0.1, 0.15) is 6.04 Å². The largest absolute Gasteiger partial charge is 0.480 e. The highest BCUT2D eigenvalue weighted by Crippen LogP contribution is 2.44. The lowest BCUT2D eigenvalue weighted by molar-refractivity contribution is -0.168. The first-order chi connectivity index (χ1) is 11.8. The number of carbonyl (C=O) groups excluding carboxylic acids is 2. The molecule has 2 heterocycles. The molecule has 1 N–H and O–H groups in total. The van der Waals surface area contributed by atoms with Gasteiger partial charge in [-0.2, -0.15) is 0 Å². The highest BCUT2D eigenvalue weighted by molar-refractivity contribution is 8.13. The Kier molecular flexibility index (Phi) is 5.41. The summed E-state index contributed by atoms with van der Waals surface area (Å²) in [7, 11) is 0. The maximum Gasteiger partial charge on any atom is 0.326 e. The summed E-state index contributed by atoms with van der Waals surface area (Å²) >= 11 is 1.08. The van der Waals surface area contributed by atoms with Crippen LogP contribution in [0.25, 0.3) is 0 Å². The van der Waals surface area contributed by atoms with Crippen LogP contribution in [-0.4, -0.2) is 63.3 Å². The van der Waals surface area contributed by atoms with E-state index in [-0.39, 0.29) is 36.2 Å². The van der Waals surface area contributed by atoms with Crippen molar-refractivity contribution in [3.8, 4) is 0 Å². The average Bonchev–Trinajstić information content (AvgIpc) is 3.11. The molecule has 1 unspecified atom stereocenters. The van der Waals surface area contributed by atoms with Gasteiger partial charge in [0.05, 0.1) is 18.8 Å². The van der Waals surface area contributed by atoms with Crippen LogP contribution < -0.4 is 0 Å². The lowest BCUT2D eigenvalue weighted by atomic mass is 9.95. The number of thioether (sulfide) groups is 1. The van der Waals surface area contributed by atoms with Gasteiger partial charge in [0.2, 0.25) is 5.91 Å². The Balaban J connectivity index is 1.71. The van der Waals surface area contributed by atoms with E-state index in [2.05, 4.69) is 0 Å². The van der Waals surface area contributed by atoms with Crippen molar-refractivity contribution in [2.75, 3.05) is 12.3 Å². The minimum absolute atomic E-state index is 0.00365. The Morgan fingerprint density at radius 2 is 1.84 bits per heavy atom. The molecule has 1 saturated carbocycles. The Morgan fingerprint density at radius 3 is 2.36 bits per heavy atom. The Hall–Kier alpha value is -1.12. The molecule has 3 rings (SSSR count). The number of fused-ring (bicyclic) bond motifs is 1. The summed E-state index contributed by atoms with van der Waals surface area (Å²) in [5, 5.41) is 9.51. The lowest BCUT2D eigenvalue weighted by Crippen LogP contribution is -2.44. The number of likely N-dealkylation sites (tertiary alicyclic amines) is 1. The molecule has 0 aromatic carbocycles. The number of hydrogen-bond acceptors (Lipinski definition) is 6. The number of ether oxygens (including phenoxy) is 2. The number of nitrogens with zero attached hydrogens (tertiary/aromatic N) is 1. The Bertz CT molecular complexity index is 553. The third kappa shape index (κ3) is 3.85. The maximum absolute atomic E-state index is 12.8. The fourth-order valence-electron chi connectivity index (χ4n) is 3.97. The first-order valence-corrected chi connectivity index (χ1v) is 9.82. The fourth-order valence-corrected chi connectivity index (χ4v) is 4.60. The van der Waals surface area contributed by atoms with Gasteiger partial charge >= 0.3 is 5.97 Å². The molecular weight excluding hydrogens is 346 g/mol. The van der Waals surface area contributed by atoms with Crippen molar-refractivity contribution in [1.82, 2.24) is 4.90 Å². The molecule has 3 aliphatic rings. The minimum atomic E-state index is -1.04. The van der Waals surface area contributed by atoms with Crippen LogP contribution in [0.15, 0.2) is 0 Å². The number of carbonyl (C=O) groups is 3. The van der Waals surface area contributed by atoms with Gasteiger partial charge in [-0.15, -0.1) is 0 Å². The third-order valence-electron chi connectivity index (χ3n) is 5.19. The van der Waals surface area contributed by atoms with E-state index >= 15 is 0 Å². The third-order valence-corrected chi connectivity index (χ3v) is 6.27. The second-order valence-electron chi connectivity index (χ2n) is 7.24. The van der Waals surface area contributed by atoms with E-state index in [0.29, 0.717) is 5.75 Å². The first kappa shape index (κ1) is 18.7. The van der Waals surface area contributed by atoms with E-state index in [0.717, 1.165) is 37.4 Å². The van der Waals surface area contributed by atoms with Crippen molar-refractivity contribution in [1.29, 1.82) is 0 Å². The fraction of sp³-hybridized carbons (Fsp3) is 0.824. The van der Waals surface area contributed by atoms with Crippen molar-refractivity contribution >= 4 is 28.8 Å². The molecule has 2 saturated heterocycles. The monoisotopic (exact) mass is 371 g/mol. The van der Waals surface area contributed by atoms with E-state index in [9.17, 15) is 19.5 Å². The van der Waals surface area contributed by atoms with E-state index in [4.69, 9.17) is 9.47 Å². The van der Waals surface area contributed by atoms with Crippen molar-refractivity contribution in [2.24, 2.45) is 5.92 Å². The molecule has 8 heteroatoms. The Morgan fingerprint density at radius 1 is 1.24 bits per heavy atom. The smallest absolute Gasteiger partial charge is 0.326 e. The molecule has 0 radical (unpaired) electrons. The quantitative estimate of drug-likeness (QED) is 0.803. The highest BCUT2D eigenvalue weighted by atomic mass is 32.2. The standard InChI is InChI=1S/C17H25NO6S/c1-10(8-25-11(2)19)15(20)18-9-17(7-12(18)16(21)22)23-13-5-3-4-6-14(13)24-17/h10,12-14H,3-9H2,1-2H3,(H,21,22)/t10?,12-,13+,14+/m0/s1. The molecule has 0 aromatic rings. The van der Waals surface area contributed by atoms with Crippen LogP contribution in [0.4, 0.5) is 0 Å². The van der Waals surface area contributed by atoms with E-state index in [1.54, 1.807) is 6.92 Å². The predicted molar refractivity (Wildman–Crippen MR) is 91.0 cm³/mol. The molecule has 7 nitrogen and oxygen atoms in total. The topological polar surface area (TPSA) is 93.1 Å². The number of carboxylic acids is 1. The van der Waals surface area contributed by atoms with Gasteiger partial charge in [-0.1, -0.05) is 31.5 Å². The van der Waals surface area contributed by atoms with Gasteiger partial charge in [-0.05, 0) is 12.8 Å². The van der Waals surface area contributed by atoms with Gasteiger partial charge in [0.25, 0.3) is 0 Å². The van der Waals surface area contributed by atoms with Crippen LogP contribution in [0.2, 0.25) is 0 Å². The minimum Gasteiger partial charge on any atom is -0.480 e. The number of rotatable bonds is 4. The second kappa shape index (κ2) is 7.25. The van der Waals surface area contributed by atoms with Gasteiger partial charge in [0, 0.05) is 25.0 Å². The second-order valence-corrected chi connectivity index (χ2v) is 8.43. The molecule has 25 heavy (non-hydrogen) atoms. The molecule has 1 spiro atoms. The average molecular weight is 371 g/mol. The van der Waals surface area contributed by atoms with Crippen molar-refractivity contribution in [3.05, 3.63) is 0 Å². The van der Waals surface area contributed by atoms with Crippen LogP contribution in [0.1, 0.15) is 46.0 Å². The summed E-state index contributed by atoms with van der Waals surface area (Å²) in [5.41, 5.74) is 0. The van der Waals surface area contributed by atoms with E-state index in [1.165, 1.54) is 11.8 Å². The number of carboxylic acid groups (broad SMARTS) is 1. The molecule has 0 aromatic heterocycles. The van der Waals surface area contributed by atoms with Crippen molar-refractivity contribution < 1.29 is 29.0 Å². The summed E-state index contributed by atoms with van der Waals surface area (Å²) in [6.07, 6.45) is 4.18. The van der Waals surface area contributed by atoms with Crippen molar-refractivity contribution in [2.45, 2.75) is 70.0 Å². The molecule has 4 atom stereocenters. The molecule has 1 amide bonds. The lowest BCUT2D eigenvalue weighted by Gasteiger charge is -2.25. The van der Waals surface area contributed by atoms with Gasteiger partial charge < -0.3 is 19.5 Å². The SMILES string of the molecule is CC(=O)SCC(C)C(=O)N1CC2(C[C@H]1C(=O)O)O[C@@H]1CCCC[C@H]1O2. The van der Waals surface area contributed by atoms with Crippen molar-refractivity contribution in [3.63, 3.8) is 0 Å². The van der Waals surface area contributed by atoms with Gasteiger partial charge in [-0.25, -0.2) is 4.79 Å². The molecule has 140 valence electrons. The van der Waals surface area contributed by atoms with E-state index < -0.39 is 23.7 Å². The van der Waals surface area contributed by atoms with Crippen LogP contribution >= 0.6 is 11.8 Å². The predicted octanol–water partition coefficient (Wildman–Crippen LogP) is 1.64. The number of hydrogen-bond donors (Lipinski definition) is 1. The molecule has 2 aliphatic heterocycles. The highest BCUT2D eigenvalue weighted by Gasteiger charge is 2.57. The Labute approximate surface area is 151 Å². The van der Waals surface area contributed by atoms with Crippen LogP contribution in [0.5, 0.6) is 0 Å². The van der Waals surface area contributed by atoms with Gasteiger partial charge in [0.15, 0.2) is 10.9 Å². The first-order valence-electron chi connectivity index (χ1n) is 8.83. The molecular formula is C17H25NO6S. The van der Waals surface area contributed by atoms with Gasteiger partial charge in [-0.3, -0.25) is 9.59 Å². The molecule has 1 aliphatic carbocycles. The zero-order valence-electron chi connectivity index (χ0n) is 14.6. The van der Waals surface area contributed by atoms with E-state index in [1.807, 2.05) is 0 Å². The summed E-state index contributed by atoms with van der Waals surface area (Å²) in [6.45, 7) is 3.32. The summed E-state index contributed by atoms with van der Waals surface area (Å²) < 4.78 is 12.2. The number of aliphatic carboxylic acids is 1. The van der Waals surface area contributed by atoms with Crippen LogP contribution in [-0.2, 0) is 23.9 Å². The zero-order chi connectivity index (χ0) is 18.2. The normalized spacial score (nSPS) is 31.8. The summed E-state index contributed by atoms with van der Waals surface area (Å²) in [6, 6.07) is -0.947.